The Hall–Kier alpha value is -1.22. The van der Waals surface area contributed by atoms with E-state index in [4.69, 9.17) is 9.47 Å². The number of nitrogens with one attached hydrogen (secondary N) is 1. The molecule has 0 atom stereocenters. The summed E-state index contributed by atoms with van der Waals surface area (Å²) < 4.78 is 11.4. The molecule has 1 N–H and O–H groups in total. The first kappa shape index (κ1) is 16.8. The van der Waals surface area contributed by atoms with Crippen molar-refractivity contribution < 1.29 is 9.47 Å². The number of rotatable bonds is 9. The van der Waals surface area contributed by atoms with Gasteiger partial charge in [0.2, 0.25) is 0 Å². The van der Waals surface area contributed by atoms with E-state index in [2.05, 4.69) is 39.1 Å². The van der Waals surface area contributed by atoms with E-state index in [1.807, 2.05) is 12.1 Å². The van der Waals surface area contributed by atoms with Gasteiger partial charge in [0.15, 0.2) is 0 Å². The molecule has 3 nitrogen and oxygen atoms in total. The summed E-state index contributed by atoms with van der Waals surface area (Å²) in [4.78, 5) is 0. The summed E-state index contributed by atoms with van der Waals surface area (Å²) in [5.74, 6) is 2.49. The lowest BCUT2D eigenvalue weighted by atomic mass is 10.1. The van der Waals surface area contributed by atoms with Crippen molar-refractivity contribution in [1.82, 2.24) is 5.32 Å². The molecular weight excluding hydrogens is 250 g/mol. The van der Waals surface area contributed by atoms with Crippen molar-refractivity contribution in [3.8, 4) is 11.5 Å². The quantitative estimate of drug-likeness (QED) is 0.741. The molecule has 0 heterocycles. The second-order valence-corrected chi connectivity index (χ2v) is 5.55. The number of benzene rings is 1. The summed E-state index contributed by atoms with van der Waals surface area (Å²) in [6.07, 6.45) is 2.34. The predicted octanol–water partition coefficient (Wildman–Crippen LogP) is 4.01. The summed E-state index contributed by atoms with van der Waals surface area (Å²) in [6, 6.07) is 6.04. The van der Waals surface area contributed by atoms with E-state index in [0.717, 1.165) is 43.0 Å². The molecule has 0 aliphatic carbocycles. The van der Waals surface area contributed by atoms with Crippen molar-refractivity contribution in [1.29, 1.82) is 0 Å². The minimum absolute atomic E-state index is 0.284. The van der Waals surface area contributed by atoms with Crippen LogP contribution in [0.3, 0.4) is 0 Å². The van der Waals surface area contributed by atoms with Gasteiger partial charge in [0, 0.05) is 12.1 Å². The van der Waals surface area contributed by atoms with Gasteiger partial charge in [-0.25, -0.2) is 0 Å². The molecule has 1 rings (SSSR count). The maximum Gasteiger partial charge on any atom is 0.124 e. The highest BCUT2D eigenvalue weighted by molar-refractivity contribution is 5.40. The molecule has 0 saturated carbocycles. The fourth-order valence-electron chi connectivity index (χ4n) is 2.07. The van der Waals surface area contributed by atoms with Crippen LogP contribution in [0.2, 0.25) is 0 Å². The van der Waals surface area contributed by atoms with Gasteiger partial charge in [-0.2, -0.15) is 0 Å². The summed E-state index contributed by atoms with van der Waals surface area (Å²) in [6.45, 7) is 10.6. The highest BCUT2D eigenvalue weighted by Gasteiger charge is 2.10. The standard InChI is InChI=1S/C17H29NO2/c1-6-15(7-2)20-17-9-8-16(19-5)10-14(17)12-18-11-13(3)4/h8-10,13,15,18H,6-7,11-12H2,1-5H3. The van der Waals surface area contributed by atoms with Crippen LogP contribution >= 0.6 is 0 Å². The van der Waals surface area contributed by atoms with E-state index < -0.39 is 0 Å². The largest absolute Gasteiger partial charge is 0.497 e. The van der Waals surface area contributed by atoms with Gasteiger partial charge in [-0.05, 0) is 43.5 Å². The molecule has 1 aromatic rings. The van der Waals surface area contributed by atoms with Crippen molar-refractivity contribution in [2.24, 2.45) is 5.92 Å². The van der Waals surface area contributed by atoms with Gasteiger partial charge in [-0.15, -0.1) is 0 Å². The molecule has 0 spiro atoms. The monoisotopic (exact) mass is 279 g/mol. The summed E-state index contributed by atoms with van der Waals surface area (Å²) in [5.41, 5.74) is 1.16. The number of hydrogen-bond acceptors (Lipinski definition) is 3. The molecule has 0 fully saturated rings. The van der Waals surface area contributed by atoms with E-state index in [-0.39, 0.29) is 6.10 Å². The van der Waals surface area contributed by atoms with Gasteiger partial charge in [0.25, 0.3) is 0 Å². The van der Waals surface area contributed by atoms with E-state index in [1.165, 1.54) is 0 Å². The first-order valence-electron chi connectivity index (χ1n) is 7.64. The molecule has 20 heavy (non-hydrogen) atoms. The van der Waals surface area contributed by atoms with Gasteiger partial charge in [0.05, 0.1) is 13.2 Å². The molecule has 0 aliphatic heterocycles. The van der Waals surface area contributed by atoms with Gasteiger partial charge < -0.3 is 14.8 Å². The average Bonchev–Trinajstić information content (AvgIpc) is 2.45. The third kappa shape index (κ3) is 5.41. The first-order chi connectivity index (χ1) is 9.60. The molecule has 0 amide bonds. The number of hydrogen-bond donors (Lipinski definition) is 1. The minimum Gasteiger partial charge on any atom is -0.497 e. The molecule has 0 radical (unpaired) electrons. The maximum absolute atomic E-state index is 6.11. The van der Waals surface area contributed by atoms with Crippen LogP contribution in [0.15, 0.2) is 18.2 Å². The summed E-state index contributed by atoms with van der Waals surface area (Å²) >= 11 is 0. The number of ether oxygens (including phenoxy) is 2. The zero-order valence-electron chi connectivity index (χ0n) is 13.5. The molecule has 3 heteroatoms. The smallest absolute Gasteiger partial charge is 0.124 e. The molecule has 0 aromatic heterocycles. The summed E-state index contributed by atoms with van der Waals surface area (Å²) in [7, 11) is 1.70. The van der Waals surface area contributed by atoms with Crippen molar-refractivity contribution in [2.45, 2.75) is 53.2 Å². The second kappa shape index (κ2) is 8.85. The lowest BCUT2D eigenvalue weighted by molar-refractivity contribution is 0.190. The van der Waals surface area contributed by atoms with E-state index in [9.17, 15) is 0 Å². The van der Waals surface area contributed by atoms with Crippen LogP contribution in [0.4, 0.5) is 0 Å². The van der Waals surface area contributed by atoms with Crippen molar-refractivity contribution in [3.63, 3.8) is 0 Å². The Morgan fingerprint density at radius 1 is 1.15 bits per heavy atom. The Labute approximate surface area is 123 Å². The van der Waals surface area contributed by atoms with E-state index >= 15 is 0 Å². The van der Waals surface area contributed by atoms with Crippen molar-refractivity contribution >= 4 is 0 Å². The molecular formula is C17H29NO2. The van der Waals surface area contributed by atoms with Gasteiger partial charge >= 0.3 is 0 Å². The number of methoxy groups -OCH3 is 1. The molecule has 0 bridgehead atoms. The van der Waals surface area contributed by atoms with Crippen LogP contribution < -0.4 is 14.8 Å². The zero-order valence-corrected chi connectivity index (χ0v) is 13.5. The molecule has 0 saturated heterocycles. The van der Waals surface area contributed by atoms with E-state index in [0.29, 0.717) is 5.92 Å². The lowest BCUT2D eigenvalue weighted by Crippen LogP contribution is -2.21. The van der Waals surface area contributed by atoms with Crippen LogP contribution in [-0.4, -0.2) is 19.8 Å². The van der Waals surface area contributed by atoms with Gasteiger partial charge in [0.1, 0.15) is 11.5 Å². The van der Waals surface area contributed by atoms with Crippen LogP contribution in [-0.2, 0) is 6.54 Å². The first-order valence-corrected chi connectivity index (χ1v) is 7.64. The Morgan fingerprint density at radius 3 is 2.40 bits per heavy atom. The Morgan fingerprint density at radius 2 is 1.85 bits per heavy atom. The topological polar surface area (TPSA) is 30.5 Å². The third-order valence-electron chi connectivity index (χ3n) is 3.34. The van der Waals surface area contributed by atoms with Crippen LogP contribution in [0, 0.1) is 5.92 Å². The molecule has 114 valence electrons. The Kier molecular flexibility index (Phi) is 7.45. The summed E-state index contributed by atoms with van der Waals surface area (Å²) in [5, 5.41) is 3.47. The average molecular weight is 279 g/mol. The SMILES string of the molecule is CCC(CC)Oc1ccc(OC)cc1CNCC(C)C. The molecule has 0 aliphatic rings. The Bertz CT molecular complexity index is 387. The molecule has 0 unspecified atom stereocenters. The van der Waals surface area contributed by atoms with E-state index in [1.54, 1.807) is 7.11 Å². The zero-order chi connectivity index (χ0) is 15.0. The van der Waals surface area contributed by atoms with Crippen molar-refractivity contribution in [3.05, 3.63) is 23.8 Å². The minimum atomic E-state index is 0.284. The fourth-order valence-corrected chi connectivity index (χ4v) is 2.07. The fraction of sp³-hybridized carbons (Fsp3) is 0.647. The normalized spacial score (nSPS) is 11.2. The highest BCUT2D eigenvalue weighted by atomic mass is 16.5. The van der Waals surface area contributed by atoms with Crippen LogP contribution in [0.5, 0.6) is 11.5 Å². The second-order valence-electron chi connectivity index (χ2n) is 5.55. The van der Waals surface area contributed by atoms with Crippen LogP contribution in [0.25, 0.3) is 0 Å². The highest BCUT2D eigenvalue weighted by Crippen LogP contribution is 2.26. The van der Waals surface area contributed by atoms with Crippen molar-refractivity contribution in [2.75, 3.05) is 13.7 Å². The van der Waals surface area contributed by atoms with Crippen LogP contribution in [0.1, 0.15) is 46.1 Å². The molecule has 1 aromatic carbocycles. The van der Waals surface area contributed by atoms with Gasteiger partial charge in [-0.3, -0.25) is 0 Å². The Balaban J connectivity index is 2.80. The lowest BCUT2D eigenvalue weighted by Gasteiger charge is -2.19. The third-order valence-corrected chi connectivity index (χ3v) is 3.34. The van der Waals surface area contributed by atoms with Gasteiger partial charge in [-0.1, -0.05) is 27.7 Å². The maximum atomic E-state index is 6.11. The predicted molar refractivity (Wildman–Crippen MR) is 84.5 cm³/mol.